The van der Waals surface area contributed by atoms with Crippen LogP contribution < -0.4 is 0 Å². The number of hydrogen-bond donors (Lipinski definition) is 1. The van der Waals surface area contributed by atoms with E-state index >= 15 is 0 Å². The van der Waals surface area contributed by atoms with E-state index in [1.165, 1.54) is 0 Å². The van der Waals surface area contributed by atoms with E-state index in [4.69, 9.17) is 6.48 Å². The first-order valence-electron chi connectivity index (χ1n) is 4.41. The average molecular weight is 151 g/mol. The second-order valence-corrected chi connectivity index (χ2v) is 2.74. The molecule has 0 unspecified atom stereocenters. The topological polar surface area (TPSA) is 20.2 Å². The highest BCUT2D eigenvalue weighted by atomic mass is 16.3. The maximum atomic E-state index is 8.85. The van der Waals surface area contributed by atoms with E-state index in [1.54, 1.807) is 0 Å². The van der Waals surface area contributed by atoms with Crippen molar-refractivity contribution >= 4 is 0 Å². The molecule has 11 heavy (non-hydrogen) atoms. The van der Waals surface area contributed by atoms with Gasteiger partial charge in [-0.15, -0.1) is 0 Å². The number of hydrogen-bond acceptors (Lipinski definition) is 1. The Morgan fingerprint density at radius 2 is 2.09 bits per heavy atom. The van der Waals surface area contributed by atoms with Crippen molar-refractivity contribution in [2.45, 2.75) is 13.3 Å². The van der Waals surface area contributed by atoms with E-state index in [1.807, 2.05) is 37.3 Å². The van der Waals surface area contributed by atoms with E-state index < -0.39 is 0 Å². The predicted molar refractivity (Wildman–Crippen MR) is 46.4 cm³/mol. The van der Waals surface area contributed by atoms with Crippen LogP contribution in [0.15, 0.2) is 30.3 Å². The molecular formula is C10H14O. The summed E-state index contributed by atoms with van der Waals surface area (Å²) in [5.74, 6) is 0.00685. The molecule has 60 valence electrons. The molecule has 1 aromatic carbocycles. The minimum Gasteiger partial charge on any atom is -0.396 e. The molecule has 1 rings (SSSR count). The monoisotopic (exact) mass is 151 g/mol. The third-order valence-electron chi connectivity index (χ3n) is 1.56. The highest BCUT2D eigenvalue weighted by molar-refractivity contribution is 5.14. The molecule has 0 saturated heterocycles. The van der Waals surface area contributed by atoms with Gasteiger partial charge in [-0.25, -0.2) is 0 Å². The molecule has 0 radical (unpaired) electrons. The predicted octanol–water partition coefficient (Wildman–Crippen LogP) is 1.86. The third-order valence-corrected chi connectivity index (χ3v) is 1.56. The van der Waals surface area contributed by atoms with Gasteiger partial charge in [0, 0.05) is 7.98 Å². The average Bonchev–Trinajstić information content (AvgIpc) is 2.17. The van der Waals surface area contributed by atoms with Crippen LogP contribution in [0, 0.1) is 5.92 Å². The Hall–Kier alpha value is -0.820. The summed E-state index contributed by atoms with van der Waals surface area (Å²) in [5, 5.41) is 8.85. The maximum Gasteiger partial charge on any atom is 0.0459 e. The number of aliphatic hydroxyl groups excluding tert-OH is 1. The molecule has 0 saturated carbocycles. The molecule has 0 aromatic heterocycles. The van der Waals surface area contributed by atoms with Gasteiger partial charge in [-0.1, -0.05) is 37.3 Å². The normalized spacial score (nSPS) is 17.1. The molecule has 0 heterocycles. The molecule has 0 bridgehead atoms. The van der Waals surface area contributed by atoms with Crippen molar-refractivity contribution in [2.24, 2.45) is 5.92 Å². The summed E-state index contributed by atoms with van der Waals surface area (Å²) in [6, 6.07) is 9.61. The largest absolute Gasteiger partial charge is 0.396 e. The second kappa shape index (κ2) is 4.14. The van der Waals surface area contributed by atoms with Gasteiger partial charge in [-0.2, -0.15) is 0 Å². The van der Waals surface area contributed by atoms with Crippen LogP contribution >= 0.6 is 0 Å². The SMILES string of the molecule is [2H][C@H](c1ccccc1)[C@H](C)CO. The summed E-state index contributed by atoms with van der Waals surface area (Å²) in [5.41, 5.74) is 0.971. The van der Waals surface area contributed by atoms with Crippen molar-refractivity contribution in [1.29, 1.82) is 0 Å². The molecule has 1 heteroatoms. The quantitative estimate of drug-likeness (QED) is 0.699. The van der Waals surface area contributed by atoms with E-state index in [-0.39, 0.29) is 18.9 Å². The molecule has 2 atom stereocenters. The first kappa shape index (κ1) is 6.86. The number of aliphatic hydroxyl groups is 1. The molecule has 1 aromatic rings. The van der Waals surface area contributed by atoms with Gasteiger partial charge in [-0.3, -0.25) is 0 Å². The Morgan fingerprint density at radius 3 is 2.64 bits per heavy atom. The van der Waals surface area contributed by atoms with Crippen molar-refractivity contribution < 1.29 is 6.48 Å². The van der Waals surface area contributed by atoms with E-state index in [0.29, 0.717) is 0 Å². The summed E-state index contributed by atoms with van der Waals surface area (Å²) in [4.78, 5) is 0. The molecule has 1 N–H and O–H groups in total. The van der Waals surface area contributed by atoms with Gasteiger partial charge in [0.1, 0.15) is 0 Å². The van der Waals surface area contributed by atoms with Crippen LogP contribution in [-0.4, -0.2) is 11.7 Å². The fraction of sp³-hybridized carbons (Fsp3) is 0.400. The lowest BCUT2D eigenvalue weighted by atomic mass is 10.0. The smallest absolute Gasteiger partial charge is 0.0459 e. The fourth-order valence-electron chi connectivity index (χ4n) is 0.945. The minimum absolute atomic E-state index is 0.00685. The van der Waals surface area contributed by atoms with Gasteiger partial charge in [0.05, 0.1) is 0 Å². The van der Waals surface area contributed by atoms with Crippen molar-refractivity contribution in [3.8, 4) is 0 Å². The second-order valence-electron chi connectivity index (χ2n) is 2.74. The lowest BCUT2D eigenvalue weighted by molar-refractivity contribution is 0.237. The first-order chi connectivity index (χ1) is 5.75. The van der Waals surface area contributed by atoms with E-state index in [9.17, 15) is 0 Å². The van der Waals surface area contributed by atoms with Gasteiger partial charge >= 0.3 is 0 Å². The van der Waals surface area contributed by atoms with Crippen molar-refractivity contribution in [3.63, 3.8) is 0 Å². The van der Waals surface area contributed by atoms with E-state index in [2.05, 4.69) is 0 Å². The van der Waals surface area contributed by atoms with Crippen molar-refractivity contribution in [1.82, 2.24) is 0 Å². The highest BCUT2D eigenvalue weighted by Gasteiger charge is 1.99. The van der Waals surface area contributed by atoms with Crippen LogP contribution in [0.3, 0.4) is 0 Å². The molecule has 0 aliphatic carbocycles. The lowest BCUT2D eigenvalue weighted by Gasteiger charge is -2.06. The summed E-state index contributed by atoms with van der Waals surface area (Å²) in [6.45, 7) is 1.95. The lowest BCUT2D eigenvalue weighted by Crippen LogP contribution is -2.03. The zero-order valence-electron chi connectivity index (χ0n) is 7.70. The molecule has 0 fully saturated rings. The van der Waals surface area contributed by atoms with Gasteiger partial charge in [0.25, 0.3) is 0 Å². The molecule has 0 aliphatic heterocycles. The van der Waals surface area contributed by atoms with Crippen molar-refractivity contribution in [3.05, 3.63) is 35.9 Å². The van der Waals surface area contributed by atoms with Crippen LogP contribution in [0.1, 0.15) is 13.9 Å². The Morgan fingerprint density at radius 1 is 1.45 bits per heavy atom. The van der Waals surface area contributed by atoms with Gasteiger partial charge in [0.15, 0.2) is 0 Å². The highest BCUT2D eigenvalue weighted by Crippen LogP contribution is 2.06. The Labute approximate surface area is 69.1 Å². The van der Waals surface area contributed by atoms with Gasteiger partial charge in [-0.05, 0) is 17.9 Å². The van der Waals surface area contributed by atoms with Crippen LogP contribution in [0.4, 0.5) is 0 Å². The van der Waals surface area contributed by atoms with Crippen LogP contribution in [-0.2, 0) is 6.40 Å². The Balaban J connectivity index is 2.71. The van der Waals surface area contributed by atoms with Crippen molar-refractivity contribution in [2.75, 3.05) is 6.61 Å². The number of rotatable bonds is 3. The van der Waals surface area contributed by atoms with Gasteiger partial charge < -0.3 is 5.11 Å². The Kier molecular flexibility index (Phi) is 2.58. The van der Waals surface area contributed by atoms with Crippen LogP contribution in [0.2, 0.25) is 0 Å². The standard InChI is InChI=1S/C10H14O/c1-9(8-11)7-10-5-3-2-4-6-10/h2-6,9,11H,7-8H2,1H3/t9-/m0/s1/i7D/t7-,9-. The molecule has 0 spiro atoms. The molecule has 1 nitrogen and oxygen atoms in total. The third kappa shape index (κ3) is 2.72. The van der Waals surface area contributed by atoms with Crippen LogP contribution in [0.5, 0.6) is 0 Å². The number of benzene rings is 1. The summed E-state index contributed by atoms with van der Waals surface area (Å²) < 4.78 is 7.76. The summed E-state index contributed by atoms with van der Waals surface area (Å²) in [7, 11) is 0. The maximum absolute atomic E-state index is 8.85. The fourth-order valence-corrected chi connectivity index (χ4v) is 0.945. The molecular weight excluding hydrogens is 136 g/mol. The summed E-state index contributed by atoms with van der Waals surface area (Å²) >= 11 is 0. The zero-order chi connectivity index (χ0) is 8.97. The van der Waals surface area contributed by atoms with E-state index in [0.717, 1.165) is 5.56 Å². The van der Waals surface area contributed by atoms with Crippen LogP contribution in [0.25, 0.3) is 0 Å². The summed E-state index contributed by atoms with van der Waals surface area (Å²) in [6.07, 6.45) is -0.309. The minimum atomic E-state index is -0.309. The van der Waals surface area contributed by atoms with Gasteiger partial charge in [0.2, 0.25) is 0 Å². The first-order valence-corrected chi connectivity index (χ1v) is 3.83. The molecule has 0 amide bonds. The molecule has 0 aliphatic rings. The Bertz CT molecular complexity index is 223. The zero-order valence-corrected chi connectivity index (χ0v) is 6.70.